The molecule has 3 rings (SSSR count). The van der Waals surface area contributed by atoms with Crippen LogP contribution in [0.15, 0.2) is 42.6 Å². The van der Waals surface area contributed by atoms with Gasteiger partial charge in [0.15, 0.2) is 0 Å². The van der Waals surface area contributed by atoms with Gasteiger partial charge in [-0.15, -0.1) is 0 Å². The monoisotopic (exact) mass is 298 g/mol. The van der Waals surface area contributed by atoms with Crippen molar-refractivity contribution in [3.8, 4) is 0 Å². The Labute approximate surface area is 131 Å². The van der Waals surface area contributed by atoms with Crippen LogP contribution in [0.5, 0.6) is 0 Å². The van der Waals surface area contributed by atoms with E-state index >= 15 is 0 Å². The van der Waals surface area contributed by atoms with E-state index in [0.29, 0.717) is 5.92 Å². The Balaban J connectivity index is 1.65. The first kappa shape index (κ1) is 15.0. The third-order valence-electron chi connectivity index (χ3n) is 4.56. The van der Waals surface area contributed by atoms with Crippen LogP contribution in [0.25, 0.3) is 0 Å². The van der Waals surface area contributed by atoms with E-state index in [1.54, 1.807) is 12.1 Å². The van der Waals surface area contributed by atoms with Gasteiger partial charge in [-0.1, -0.05) is 25.3 Å². The molecule has 1 unspecified atom stereocenters. The second-order valence-corrected chi connectivity index (χ2v) is 6.22. The van der Waals surface area contributed by atoms with Gasteiger partial charge >= 0.3 is 0 Å². The number of halogens is 1. The van der Waals surface area contributed by atoms with Gasteiger partial charge in [-0.05, 0) is 61.6 Å². The Morgan fingerprint density at radius 2 is 1.77 bits per heavy atom. The number of nitrogens with one attached hydrogen (secondary N) is 1. The molecule has 1 fully saturated rings. The van der Waals surface area contributed by atoms with Crippen molar-refractivity contribution in [3.05, 3.63) is 59.7 Å². The second kappa shape index (κ2) is 6.91. The maximum atomic E-state index is 12.9. The van der Waals surface area contributed by atoms with Crippen LogP contribution in [0.1, 0.15) is 62.2 Å². The highest BCUT2D eigenvalue weighted by atomic mass is 19.1. The Morgan fingerprint density at radius 1 is 1.05 bits per heavy atom. The number of anilines is 1. The zero-order chi connectivity index (χ0) is 15.4. The van der Waals surface area contributed by atoms with Crippen LogP contribution >= 0.6 is 0 Å². The van der Waals surface area contributed by atoms with Crippen molar-refractivity contribution in [2.75, 3.05) is 5.32 Å². The zero-order valence-corrected chi connectivity index (χ0v) is 13.1. The molecule has 1 heterocycles. The van der Waals surface area contributed by atoms with Gasteiger partial charge < -0.3 is 5.32 Å². The fraction of sp³-hybridized carbons (Fsp3) is 0.421. The molecule has 0 saturated heterocycles. The summed E-state index contributed by atoms with van der Waals surface area (Å²) in [7, 11) is 0. The van der Waals surface area contributed by atoms with Crippen molar-refractivity contribution in [1.82, 2.24) is 4.98 Å². The minimum absolute atomic E-state index is 0.103. The predicted octanol–water partition coefficient (Wildman–Crippen LogP) is 5.44. The van der Waals surface area contributed by atoms with Crippen LogP contribution in [-0.2, 0) is 0 Å². The Morgan fingerprint density at radius 3 is 2.41 bits per heavy atom. The van der Waals surface area contributed by atoms with Gasteiger partial charge in [0.2, 0.25) is 0 Å². The van der Waals surface area contributed by atoms with Crippen molar-refractivity contribution in [2.45, 2.75) is 51.0 Å². The van der Waals surface area contributed by atoms with E-state index in [9.17, 15) is 4.39 Å². The lowest BCUT2D eigenvalue weighted by Gasteiger charge is -2.22. The highest BCUT2D eigenvalue weighted by Crippen LogP contribution is 2.32. The summed E-state index contributed by atoms with van der Waals surface area (Å²) in [5, 5.41) is 3.36. The summed E-state index contributed by atoms with van der Waals surface area (Å²) in [6.07, 6.45) is 8.69. The summed E-state index contributed by atoms with van der Waals surface area (Å²) in [5.74, 6) is 0.476. The van der Waals surface area contributed by atoms with E-state index in [4.69, 9.17) is 0 Å². The standard InChI is InChI=1S/C19H23FN2/c1-14(22-18-10-8-17(20)9-11-18)19-12-7-16(13-21-19)15-5-3-2-4-6-15/h7-15,22H,2-6H2,1H3. The maximum absolute atomic E-state index is 12.9. The normalized spacial score (nSPS) is 17.2. The lowest BCUT2D eigenvalue weighted by Crippen LogP contribution is -2.10. The summed E-state index contributed by atoms with van der Waals surface area (Å²) >= 11 is 0. The third-order valence-corrected chi connectivity index (χ3v) is 4.56. The largest absolute Gasteiger partial charge is 0.377 e. The van der Waals surface area contributed by atoms with Crippen molar-refractivity contribution < 1.29 is 4.39 Å². The average Bonchev–Trinajstić information content (AvgIpc) is 2.58. The van der Waals surface area contributed by atoms with Gasteiger partial charge in [0.05, 0.1) is 11.7 Å². The minimum Gasteiger partial charge on any atom is -0.377 e. The molecule has 2 nitrogen and oxygen atoms in total. The molecular weight excluding hydrogens is 275 g/mol. The van der Waals surface area contributed by atoms with Gasteiger partial charge in [0.1, 0.15) is 5.82 Å². The van der Waals surface area contributed by atoms with Crippen LogP contribution < -0.4 is 5.32 Å². The second-order valence-electron chi connectivity index (χ2n) is 6.22. The maximum Gasteiger partial charge on any atom is 0.123 e. The van der Waals surface area contributed by atoms with E-state index in [2.05, 4.69) is 29.4 Å². The molecule has 1 saturated carbocycles. The molecule has 3 heteroatoms. The number of nitrogens with zero attached hydrogens (tertiary/aromatic N) is 1. The molecule has 1 aliphatic rings. The molecule has 1 aromatic carbocycles. The topological polar surface area (TPSA) is 24.9 Å². The molecular formula is C19H23FN2. The number of hydrogen-bond donors (Lipinski definition) is 1. The first-order valence-corrected chi connectivity index (χ1v) is 8.20. The molecule has 2 aromatic rings. The van der Waals surface area contributed by atoms with E-state index in [-0.39, 0.29) is 11.9 Å². The van der Waals surface area contributed by atoms with Gasteiger partial charge in [0, 0.05) is 11.9 Å². The molecule has 1 atom stereocenters. The number of rotatable bonds is 4. The molecule has 22 heavy (non-hydrogen) atoms. The first-order valence-electron chi connectivity index (χ1n) is 8.20. The summed E-state index contributed by atoms with van der Waals surface area (Å²) in [6.45, 7) is 2.08. The van der Waals surface area contributed by atoms with Crippen molar-refractivity contribution in [1.29, 1.82) is 0 Å². The van der Waals surface area contributed by atoms with Crippen LogP contribution in [-0.4, -0.2) is 4.98 Å². The molecule has 0 radical (unpaired) electrons. The molecule has 0 bridgehead atoms. The lowest BCUT2D eigenvalue weighted by molar-refractivity contribution is 0.442. The Kier molecular flexibility index (Phi) is 4.71. The smallest absolute Gasteiger partial charge is 0.123 e. The SMILES string of the molecule is CC(Nc1ccc(F)cc1)c1ccc(C2CCCCC2)cn1. The molecule has 116 valence electrons. The third kappa shape index (κ3) is 3.65. The van der Waals surface area contributed by atoms with Crippen LogP contribution in [0.2, 0.25) is 0 Å². The lowest BCUT2D eigenvalue weighted by atomic mass is 9.85. The van der Waals surface area contributed by atoms with Gasteiger partial charge in [-0.3, -0.25) is 4.98 Å². The molecule has 0 aliphatic heterocycles. The van der Waals surface area contributed by atoms with Gasteiger partial charge in [0.25, 0.3) is 0 Å². The number of hydrogen-bond acceptors (Lipinski definition) is 2. The van der Waals surface area contributed by atoms with Gasteiger partial charge in [-0.25, -0.2) is 4.39 Å². The molecule has 0 spiro atoms. The minimum atomic E-state index is -0.215. The quantitative estimate of drug-likeness (QED) is 0.812. The number of pyridine rings is 1. The van der Waals surface area contributed by atoms with Gasteiger partial charge in [-0.2, -0.15) is 0 Å². The molecule has 0 amide bonds. The first-order chi connectivity index (χ1) is 10.7. The molecule has 1 N–H and O–H groups in total. The summed E-state index contributed by atoms with van der Waals surface area (Å²) in [4.78, 5) is 4.63. The summed E-state index contributed by atoms with van der Waals surface area (Å²) in [6, 6.07) is 10.9. The number of aromatic nitrogens is 1. The average molecular weight is 298 g/mol. The zero-order valence-electron chi connectivity index (χ0n) is 13.1. The molecule has 1 aromatic heterocycles. The fourth-order valence-corrected chi connectivity index (χ4v) is 3.22. The molecule has 1 aliphatic carbocycles. The van der Waals surface area contributed by atoms with E-state index in [0.717, 1.165) is 11.4 Å². The van der Waals surface area contributed by atoms with E-state index in [1.165, 1.54) is 49.8 Å². The Bertz CT molecular complexity index is 586. The van der Waals surface area contributed by atoms with E-state index < -0.39 is 0 Å². The van der Waals surface area contributed by atoms with Crippen LogP contribution in [0, 0.1) is 5.82 Å². The highest BCUT2D eigenvalue weighted by Gasteiger charge is 2.16. The van der Waals surface area contributed by atoms with Crippen molar-refractivity contribution in [2.24, 2.45) is 0 Å². The van der Waals surface area contributed by atoms with Crippen molar-refractivity contribution in [3.63, 3.8) is 0 Å². The fourth-order valence-electron chi connectivity index (χ4n) is 3.22. The summed E-state index contributed by atoms with van der Waals surface area (Å²) in [5.41, 5.74) is 3.30. The summed E-state index contributed by atoms with van der Waals surface area (Å²) < 4.78 is 12.9. The Hall–Kier alpha value is -1.90. The van der Waals surface area contributed by atoms with E-state index in [1.807, 2.05) is 6.20 Å². The van der Waals surface area contributed by atoms with Crippen LogP contribution in [0.4, 0.5) is 10.1 Å². The van der Waals surface area contributed by atoms with Crippen molar-refractivity contribution >= 4 is 5.69 Å². The number of benzene rings is 1. The van der Waals surface area contributed by atoms with Crippen LogP contribution in [0.3, 0.4) is 0 Å². The predicted molar refractivity (Wildman–Crippen MR) is 88.5 cm³/mol. The highest BCUT2D eigenvalue weighted by molar-refractivity contribution is 5.44.